The molecule has 0 amide bonds. The van der Waals surface area contributed by atoms with E-state index in [1.165, 1.54) is 0 Å². The lowest BCUT2D eigenvalue weighted by molar-refractivity contribution is 0.270. The van der Waals surface area contributed by atoms with Crippen LogP contribution in [0.1, 0.15) is 0 Å². The summed E-state index contributed by atoms with van der Waals surface area (Å²) >= 11 is 1.79. The van der Waals surface area contributed by atoms with Gasteiger partial charge in [-0.2, -0.15) is 0 Å². The van der Waals surface area contributed by atoms with E-state index in [1.54, 1.807) is 11.8 Å². The van der Waals surface area contributed by atoms with Crippen molar-refractivity contribution in [2.24, 2.45) is 0 Å². The van der Waals surface area contributed by atoms with Gasteiger partial charge in [0.05, 0.1) is 6.54 Å². The Balaban J connectivity index is 2.28. The first-order chi connectivity index (χ1) is 5.27. The second-order valence-corrected chi connectivity index (χ2v) is 4.14. The molecule has 0 aliphatic carbocycles. The maximum absolute atomic E-state index is 9.52. The van der Waals surface area contributed by atoms with Gasteiger partial charge in [0.2, 0.25) is 0 Å². The van der Waals surface area contributed by atoms with Crippen LogP contribution in [0, 0.1) is 0 Å². The van der Waals surface area contributed by atoms with Gasteiger partial charge in [0.1, 0.15) is 5.76 Å². The third kappa shape index (κ3) is 1.19. The maximum Gasteiger partial charge on any atom is 0.111 e. The monoisotopic (exact) mass is 169 g/mol. The molecule has 0 aromatic rings. The molecular weight excluding hydrogens is 158 g/mol. The Morgan fingerprint density at radius 3 is 3.36 bits per heavy atom. The van der Waals surface area contributed by atoms with Crippen LogP contribution in [0.3, 0.4) is 0 Å². The molecule has 0 aromatic carbocycles. The summed E-state index contributed by atoms with van der Waals surface area (Å²) in [7, 11) is 2.03. The molecule has 0 bridgehead atoms. The van der Waals surface area contributed by atoms with E-state index in [-0.39, 0.29) is 0 Å². The highest BCUT2D eigenvalue weighted by atomic mass is 32.2. The molecule has 2 aliphatic rings. The Bertz CT molecular complexity index is 234. The summed E-state index contributed by atoms with van der Waals surface area (Å²) in [4.78, 5) is 2.14. The van der Waals surface area contributed by atoms with Crippen molar-refractivity contribution in [2.75, 3.05) is 20.1 Å². The minimum absolute atomic E-state index is 0.480. The van der Waals surface area contributed by atoms with Crippen molar-refractivity contribution in [1.29, 1.82) is 0 Å². The molecule has 2 rings (SSSR count). The van der Waals surface area contributed by atoms with Crippen molar-refractivity contribution in [3.63, 3.8) is 0 Å². The molecule has 1 unspecified atom stereocenters. The van der Waals surface area contributed by atoms with Crippen molar-refractivity contribution < 1.29 is 5.11 Å². The van der Waals surface area contributed by atoms with Crippen molar-refractivity contribution in [3.05, 3.63) is 22.8 Å². The molecule has 11 heavy (non-hydrogen) atoms. The Morgan fingerprint density at radius 2 is 2.55 bits per heavy atom. The Labute approximate surface area is 70.6 Å². The van der Waals surface area contributed by atoms with E-state index in [9.17, 15) is 5.11 Å². The maximum atomic E-state index is 9.52. The molecule has 0 saturated heterocycles. The topological polar surface area (TPSA) is 23.5 Å². The van der Waals surface area contributed by atoms with Gasteiger partial charge in [0.25, 0.3) is 0 Å². The smallest absolute Gasteiger partial charge is 0.111 e. The summed E-state index contributed by atoms with van der Waals surface area (Å²) in [6.45, 7) is 1.76. The van der Waals surface area contributed by atoms with Gasteiger partial charge in [-0.15, -0.1) is 11.8 Å². The molecule has 2 heterocycles. The molecule has 1 atom stereocenters. The van der Waals surface area contributed by atoms with Crippen molar-refractivity contribution in [2.45, 2.75) is 5.25 Å². The summed E-state index contributed by atoms with van der Waals surface area (Å²) in [6, 6.07) is 0. The number of aliphatic hydroxyl groups is 1. The summed E-state index contributed by atoms with van der Waals surface area (Å²) in [6.07, 6.45) is 2.03. The normalized spacial score (nSPS) is 31.2. The third-order valence-corrected chi connectivity index (χ3v) is 3.09. The largest absolute Gasteiger partial charge is 0.511 e. The third-order valence-electron chi connectivity index (χ3n) is 2.07. The Hall–Kier alpha value is -0.410. The first-order valence-electron chi connectivity index (χ1n) is 3.70. The lowest BCUT2D eigenvalue weighted by Crippen LogP contribution is -2.34. The van der Waals surface area contributed by atoms with Gasteiger partial charge in [0, 0.05) is 17.4 Å². The summed E-state index contributed by atoms with van der Waals surface area (Å²) in [5, 5.41) is 12.1. The van der Waals surface area contributed by atoms with Gasteiger partial charge in [-0.3, -0.25) is 4.90 Å². The summed E-state index contributed by atoms with van der Waals surface area (Å²) in [5.41, 5.74) is 1.13. The second-order valence-electron chi connectivity index (χ2n) is 3.03. The van der Waals surface area contributed by atoms with E-state index in [4.69, 9.17) is 0 Å². The van der Waals surface area contributed by atoms with E-state index < -0.39 is 0 Å². The minimum Gasteiger partial charge on any atom is -0.511 e. The van der Waals surface area contributed by atoms with Crippen LogP contribution < -0.4 is 0 Å². The van der Waals surface area contributed by atoms with Crippen LogP contribution in [0.5, 0.6) is 0 Å². The second kappa shape index (κ2) is 2.57. The number of allylic oxidation sites excluding steroid dienone is 1. The van der Waals surface area contributed by atoms with Gasteiger partial charge in [0.15, 0.2) is 0 Å². The van der Waals surface area contributed by atoms with Crippen molar-refractivity contribution >= 4 is 11.8 Å². The number of thioether (sulfide) groups is 1. The number of nitrogens with zero attached hydrogens (tertiary/aromatic N) is 1. The fraction of sp³-hybridized carbons (Fsp3) is 0.500. The Kier molecular flexibility index (Phi) is 1.69. The zero-order valence-corrected chi connectivity index (χ0v) is 7.27. The molecular formula is C8H11NOS. The molecule has 0 saturated carbocycles. The first-order valence-corrected chi connectivity index (χ1v) is 4.64. The predicted molar refractivity (Wildman–Crippen MR) is 47.7 cm³/mol. The van der Waals surface area contributed by atoms with Crippen molar-refractivity contribution in [3.8, 4) is 0 Å². The van der Waals surface area contributed by atoms with E-state index in [2.05, 4.69) is 10.3 Å². The number of rotatable bonds is 0. The fourth-order valence-electron chi connectivity index (χ4n) is 1.51. The average Bonchev–Trinajstić information content (AvgIpc) is 2.34. The number of hydrogen-bond donors (Lipinski definition) is 1. The Morgan fingerprint density at radius 1 is 1.73 bits per heavy atom. The minimum atomic E-state index is 0.480. The van der Waals surface area contributed by atoms with Gasteiger partial charge in [-0.05, 0) is 18.5 Å². The van der Waals surface area contributed by atoms with Crippen LogP contribution in [0.25, 0.3) is 0 Å². The number of aliphatic hydroxyl groups excluding tert-OH is 1. The number of likely N-dealkylation sites (N-methyl/N-ethyl adjacent to an activating group) is 1. The molecule has 2 nitrogen and oxygen atoms in total. The van der Waals surface area contributed by atoms with E-state index in [0.29, 0.717) is 17.6 Å². The first kappa shape index (κ1) is 7.25. The number of hydrogen-bond acceptors (Lipinski definition) is 3. The van der Waals surface area contributed by atoms with Gasteiger partial charge < -0.3 is 5.11 Å². The highest BCUT2D eigenvalue weighted by Gasteiger charge is 2.26. The van der Waals surface area contributed by atoms with E-state index in [1.807, 2.05) is 13.1 Å². The van der Waals surface area contributed by atoms with Crippen LogP contribution in [0.15, 0.2) is 22.8 Å². The summed E-state index contributed by atoms with van der Waals surface area (Å²) < 4.78 is 0. The van der Waals surface area contributed by atoms with E-state index in [0.717, 1.165) is 12.1 Å². The molecule has 0 aromatic heterocycles. The highest BCUT2D eigenvalue weighted by molar-refractivity contribution is 8.03. The van der Waals surface area contributed by atoms with Crippen molar-refractivity contribution in [1.82, 2.24) is 4.90 Å². The van der Waals surface area contributed by atoms with Crippen LogP contribution in [0.2, 0.25) is 0 Å². The molecule has 3 heteroatoms. The molecule has 60 valence electrons. The molecule has 1 N–H and O–H groups in total. The van der Waals surface area contributed by atoms with Crippen LogP contribution in [-0.2, 0) is 0 Å². The lowest BCUT2D eigenvalue weighted by Gasteiger charge is -2.27. The predicted octanol–water partition coefficient (Wildman–Crippen LogP) is 1.37. The van der Waals surface area contributed by atoms with Gasteiger partial charge in [-0.25, -0.2) is 0 Å². The molecule has 0 radical (unpaired) electrons. The zero-order valence-electron chi connectivity index (χ0n) is 6.45. The number of fused-ring (bicyclic) bond motifs is 1. The summed E-state index contributed by atoms with van der Waals surface area (Å²) in [5.74, 6) is 0.546. The molecule has 0 spiro atoms. The van der Waals surface area contributed by atoms with Gasteiger partial charge >= 0.3 is 0 Å². The zero-order chi connectivity index (χ0) is 7.84. The van der Waals surface area contributed by atoms with Crippen LogP contribution >= 0.6 is 11.8 Å². The van der Waals surface area contributed by atoms with Gasteiger partial charge in [-0.1, -0.05) is 0 Å². The lowest BCUT2D eigenvalue weighted by atomic mass is 10.1. The molecule has 2 aliphatic heterocycles. The average molecular weight is 169 g/mol. The van der Waals surface area contributed by atoms with Crippen LogP contribution in [0.4, 0.5) is 0 Å². The standard InChI is InChI=1S/C8H11NOS/c1-9-4-7(10)6-2-3-11-8(6)5-9/h2-3,8,10H,4-5H2,1H3. The highest BCUT2D eigenvalue weighted by Crippen LogP contribution is 2.33. The quantitative estimate of drug-likeness (QED) is 0.592. The molecule has 0 fully saturated rings. The van der Waals surface area contributed by atoms with E-state index >= 15 is 0 Å². The SMILES string of the molecule is CN1CC(O)=C2C=CSC2C1. The van der Waals surface area contributed by atoms with Crippen LogP contribution in [-0.4, -0.2) is 35.4 Å². The fourth-order valence-corrected chi connectivity index (χ4v) is 2.62.